The molecule has 0 saturated carbocycles. The number of hydrogen-bond acceptors (Lipinski definition) is 3. The molecule has 196 valence electrons. The Balaban J connectivity index is 1.83. The predicted octanol–water partition coefficient (Wildman–Crippen LogP) is 6.70. The third-order valence-corrected chi connectivity index (χ3v) is 6.11. The second-order valence-electron chi connectivity index (χ2n) is 9.06. The van der Waals surface area contributed by atoms with Gasteiger partial charge in [0.1, 0.15) is 11.3 Å². The van der Waals surface area contributed by atoms with Gasteiger partial charge in [0.2, 0.25) is 0 Å². The van der Waals surface area contributed by atoms with Crippen LogP contribution < -0.4 is 4.74 Å². The predicted molar refractivity (Wildman–Crippen MR) is 121 cm³/mol. The fourth-order valence-corrected chi connectivity index (χ4v) is 3.99. The van der Waals surface area contributed by atoms with E-state index in [1.165, 1.54) is 36.7 Å². The molecule has 12 heteroatoms. The Bertz CT molecular complexity index is 1430. The zero-order chi connectivity index (χ0) is 27.3. The average Bonchev–Trinajstić information content (AvgIpc) is 3.42. The van der Waals surface area contributed by atoms with Crippen LogP contribution in [0.15, 0.2) is 54.9 Å². The molecule has 1 atom stereocenters. The first-order valence-electron chi connectivity index (χ1n) is 10.9. The monoisotopic (exact) mass is 525 g/mol. The molecule has 0 fully saturated rings. The van der Waals surface area contributed by atoms with Gasteiger partial charge in [-0.3, -0.25) is 5.10 Å². The minimum Gasteiger partial charge on any atom is -0.481 e. The first kappa shape index (κ1) is 26.1. The Morgan fingerprint density at radius 3 is 2.14 bits per heavy atom. The molecule has 6 nitrogen and oxygen atoms in total. The molecule has 0 amide bonds. The Labute approximate surface area is 206 Å². The second kappa shape index (κ2) is 8.86. The van der Waals surface area contributed by atoms with Gasteiger partial charge >= 0.3 is 18.3 Å². The molecule has 4 rings (SSSR count). The number of nitrogens with one attached hydrogen (secondary N) is 1. The summed E-state index contributed by atoms with van der Waals surface area (Å²) < 4.78 is 88.6. The standard InChI is InChI=1S/C25H21F6N3O3/c1-13-19(12-32-33-13)21(15-8-16(24(26,27)28)11-17(9-15)25(29,30)31)37-18-4-5-20-14(10-18)6-7-34(20)23(2,3)22(35)36/h4-12,21H,1-3H3,(H,32,33)(H,35,36). The maximum Gasteiger partial charge on any atom is 0.416 e. The van der Waals surface area contributed by atoms with Crippen LogP contribution in [0.25, 0.3) is 10.9 Å². The summed E-state index contributed by atoms with van der Waals surface area (Å²) in [5.74, 6) is -0.916. The fraction of sp³-hybridized carbons (Fsp3) is 0.280. The number of fused-ring (bicyclic) bond motifs is 1. The number of rotatable bonds is 6. The van der Waals surface area contributed by atoms with Crippen molar-refractivity contribution < 1.29 is 41.0 Å². The number of aromatic nitrogens is 3. The number of aryl methyl sites for hydroxylation is 1. The van der Waals surface area contributed by atoms with E-state index in [4.69, 9.17) is 4.74 Å². The van der Waals surface area contributed by atoms with Crippen molar-refractivity contribution in [3.05, 3.63) is 82.8 Å². The number of alkyl halides is 6. The molecule has 0 spiro atoms. The van der Waals surface area contributed by atoms with Gasteiger partial charge in [0.15, 0.2) is 6.10 Å². The molecule has 2 heterocycles. The molecule has 0 radical (unpaired) electrons. The number of ether oxygens (including phenoxy) is 1. The molecule has 2 aromatic carbocycles. The molecule has 0 saturated heterocycles. The SMILES string of the molecule is Cc1[nH]ncc1C(Oc1ccc2c(ccn2C(C)(C)C(=O)O)c1)c1cc(C(F)(F)F)cc(C(F)(F)F)c1. The van der Waals surface area contributed by atoms with Crippen LogP contribution in [0.3, 0.4) is 0 Å². The molecule has 4 aromatic rings. The van der Waals surface area contributed by atoms with E-state index in [-0.39, 0.29) is 22.9 Å². The Hall–Kier alpha value is -3.96. The summed E-state index contributed by atoms with van der Waals surface area (Å²) in [6.07, 6.45) is -8.56. The average molecular weight is 525 g/mol. The Kier molecular flexibility index (Phi) is 6.25. The third-order valence-electron chi connectivity index (χ3n) is 6.11. The van der Waals surface area contributed by atoms with Crippen LogP contribution in [0, 0.1) is 6.92 Å². The van der Waals surface area contributed by atoms with Crippen LogP contribution >= 0.6 is 0 Å². The highest BCUT2D eigenvalue weighted by molar-refractivity contribution is 5.85. The van der Waals surface area contributed by atoms with E-state index in [0.717, 1.165) is 0 Å². The molecule has 0 aliphatic carbocycles. The van der Waals surface area contributed by atoms with Gasteiger partial charge in [0.25, 0.3) is 0 Å². The summed E-state index contributed by atoms with van der Waals surface area (Å²) >= 11 is 0. The number of carboxylic acids is 1. The third kappa shape index (κ3) is 5.00. The maximum atomic E-state index is 13.5. The minimum atomic E-state index is -5.02. The summed E-state index contributed by atoms with van der Waals surface area (Å²) in [7, 11) is 0. The quantitative estimate of drug-likeness (QED) is 0.275. The Morgan fingerprint density at radius 1 is 1.00 bits per heavy atom. The van der Waals surface area contributed by atoms with E-state index in [1.807, 2.05) is 0 Å². The van der Waals surface area contributed by atoms with Crippen molar-refractivity contribution in [1.82, 2.24) is 14.8 Å². The van der Waals surface area contributed by atoms with Crippen molar-refractivity contribution in [3.63, 3.8) is 0 Å². The molecule has 0 aliphatic heterocycles. The van der Waals surface area contributed by atoms with E-state index in [9.17, 15) is 36.2 Å². The number of H-pyrrole nitrogens is 1. The van der Waals surface area contributed by atoms with Gasteiger partial charge in [-0.2, -0.15) is 31.4 Å². The molecule has 37 heavy (non-hydrogen) atoms. The van der Waals surface area contributed by atoms with Crippen molar-refractivity contribution in [2.24, 2.45) is 0 Å². The topological polar surface area (TPSA) is 80.1 Å². The molecular weight excluding hydrogens is 504 g/mol. The van der Waals surface area contributed by atoms with Gasteiger partial charge in [-0.05, 0) is 68.8 Å². The first-order valence-corrected chi connectivity index (χ1v) is 10.9. The molecule has 1 unspecified atom stereocenters. The number of nitrogens with zero attached hydrogens (tertiary/aromatic N) is 2. The molecule has 2 N–H and O–H groups in total. The normalized spacial score (nSPS) is 13.6. The van der Waals surface area contributed by atoms with E-state index in [2.05, 4.69) is 10.2 Å². The van der Waals surface area contributed by atoms with Crippen LogP contribution in [0.5, 0.6) is 5.75 Å². The summed E-state index contributed by atoms with van der Waals surface area (Å²) in [6, 6.07) is 7.51. The van der Waals surface area contributed by atoms with Crippen molar-refractivity contribution >= 4 is 16.9 Å². The number of carbonyl (C=O) groups is 1. The summed E-state index contributed by atoms with van der Waals surface area (Å²) in [4.78, 5) is 11.7. The molecule has 0 aliphatic rings. The smallest absolute Gasteiger partial charge is 0.416 e. The lowest BCUT2D eigenvalue weighted by molar-refractivity contribution is -0.146. The van der Waals surface area contributed by atoms with Crippen LogP contribution in [0.2, 0.25) is 0 Å². The zero-order valence-electron chi connectivity index (χ0n) is 19.7. The minimum absolute atomic E-state index is 0.0573. The van der Waals surface area contributed by atoms with Gasteiger partial charge in [-0.1, -0.05) is 0 Å². The summed E-state index contributed by atoms with van der Waals surface area (Å²) in [5.41, 5.74) is -3.37. The van der Waals surface area contributed by atoms with Gasteiger partial charge in [-0.15, -0.1) is 0 Å². The zero-order valence-corrected chi connectivity index (χ0v) is 19.7. The van der Waals surface area contributed by atoms with Crippen LogP contribution in [-0.4, -0.2) is 25.8 Å². The second-order valence-corrected chi connectivity index (χ2v) is 9.06. The number of benzene rings is 2. The number of halogens is 6. The van der Waals surface area contributed by atoms with Crippen molar-refractivity contribution in [2.45, 2.75) is 44.8 Å². The lowest BCUT2D eigenvalue weighted by Gasteiger charge is -2.24. The fourth-order valence-electron chi connectivity index (χ4n) is 3.99. The Morgan fingerprint density at radius 2 is 1.62 bits per heavy atom. The number of carboxylic acid groups (broad SMARTS) is 1. The first-order chi connectivity index (χ1) is 17.1. The van der Waals surface area contributed by atoms with Gasteiger partial charge < -0.3 is 14.4 Å². The van der Waals surface area contributed by atoms with Crippen molar-refractivity contribution in [2.75, 3.05) is 0 Å². The highest BCUT2D eigenvalue weighted by Gasteiger charge is 2.38. The van der Waals surface area contributed by atoms with Crippen molar-refractivity contribution in [1.29, 1.82) is 0 Å². The lowest BCUT2D eigenvalue weighted by atomic mass is 9.96. The lowest BCUT2D eigenvalue weighted by Crippen LogP contribution is -2.34. The number of hydrogen-bond donors (Lipinski definition) is 2. The summed E-state index contributed by atoms with van der Waals surface area (Å²) in [6.45, 7) is 4.60. The van der Waals surface area contributed by atoms with Gasteiger partial charge in [0, 0.05) is 28.4 Å². The number of aliphatic carboxylic acids is 1. The number of aromatic amines is 1. The van der Waals surface area contributed by atoms with Crippen LogP contribution in [0.4, 0.5) is 26.3 Å². The van der Waals surface area contributed by atoms with E-state index in [0.29, 0.717) is 28.7 Å². The van der Waals surface area contributed by atoms with Crippen LogP contribution in [-0.2, 0) is 22.7 Å². The highest BCUT2D eigenvalue weighted by atomic mass is 19.4. The van der Waals surface area contributed by atoms with Gasteiger partial charge in [0.05, 0.1) is 17.3 Å². The molecule has 0 bridgehead atoms. The van der Waals surface area contributed by atoms with E-state index >= 15 is 0 Å². The van der Waals surface area contributed by atoms with Crippen molar-refractivity contribution in [3.8, 4) is 5.75 Å². The van der Waals surface area contributed by atoms with E-state index in [1.54, 1.807) is 25.3 Å². The largest absolute Gasteiger partial charge is 0.481 e. The van der Waals surface area contributed by atoms with Crippen LogP contribution in [0.1, 0.15) is 47.9 Å². The molecule has 2 aromatic heterocycles. The van der Waals surface area contributed by atoms with E-state index < -0.39 is 41.1 Å². The summed E-state index contributed by atoms with van der Waals surface area (Å²) in [5, 5.41) is 16.6. The van der Waals surface area contributed by atoms with Gasteiger partial charge in [-0.25, -0.2) is 4.79 Å². The highest BCUT2D eigenvalue weighted by Crippen LogP contribution is 2.40. The molecular formula is C25H21F6N3O3. The maximum absolute atomic E-state index is 13.5.